The SMILES string of the molecule is O=C(O)N1CCc2c(-c3cccc(-c4nc5cc(CO)cc(Cl)c5o4)c3F)csc2C1. The van der Waals surface area contributed by atoms with Crippen molar-refractivity contribution in [3.63, 3.8) is 0 Å². The molecule has 1 aliphatic rings. The van der Waals surface area contributed by atoms with Crippen molar-refractivity contribution in [3.05, 3.63) is 62.6 Å². The van der Waals surface area contributed by atoms with Gasteiger partial charge in [-0.2, -0.15) is 0 Å². The Labute approximate surface area is 185 Å². The van der Waals surface area contributed by atoms with Crippen molar-refractivity contribution < 1.29 is 23.8 Å². The maximum atomic E-state index is 15.6. The topological polar surface area (TPSA) is 86.8 Å². The summed E-state index contributed by atoms with van der Waals surface area (Å²) in [4.78, 5) is 17.9. The standard InChI is InChI=1S/C22H16ClFN2O4S/c23-16-6-11(9-27)7-17-20(16)30-21(25-17)14-3-1-2-13(19(14)24)15-10-31-18-8-26(22(28)29)5-4-12(15)18/h1-3,6-7,10,27H,4-5,8-9H2,(H,28,29). The minimum absolute atomic E-state index is 0.104. The van der Waals surface area contributed by atoms with Gasteiger partial charge in [-0.05, 0) is 46.7 Å². The van der Waals surface area contributed by atoms with Gasteiger partial charge in [0.15, 0.2) is 5.58 Å². The van der Waals surface area contributed by atoms with Gasteiger partial charge in [-0.3, -0.25) is 0 Å². The first-order valence-electron chi connectivity index (χ1n) is 9.52. The number of carbonyl (C=O) groups is 1. The molecule has 2 aromatic carbocycles. The second-order valence-corrected chi connectivity index (χ2v) is 8.65. The monoisotopic (exact) mass is 458 g/mol. The molecule has 0 unspecified atom stereocenters. The summed E-state index contributed by atoms with van der Waals surface area (Å²) in [5, 5.41) is 20.8. The molecule has 5 rings (SSSR count). The summed E-state index contributed by atoms with van der Waals surface area (Å²) in [7, 11) is 0. The van der Waals surface area contributed by atoms with Gasteiger partial charge in [0.25, 0.3) is 0 Å². The fourth-order valence-corrected chi connectivity index (χ4v) is 5.27. The Morgan fingerprint density at radius 3 is 2.87 bits per heavy atom. The highest BCUT2D eigenvalue weighted by Crippen LogP contribution is 2.39. The van der Waals surface area contributed by atoms with Crippen LogP contribution in [0, 0.1) is 5.82 Å². The number of fused-ring (bicyclic) bond motifs is 2. The first-order valence-corrected chi connectivity index (χ1v) is 10.8. The first kappa shape index (κ1) is 20.0. The van der Waals surface area contributed by atoms with Gasteiger partial charge in [0, 0.05) is 17.0 Å². The van der Waals surface area contributed by atoms with E-state index in [4.69, 9.17) is 16.0 Å². The summed E-state index contributed by atoms with van der Waals surface area (Å²) < 4.78 is 21.4. The molecule has 3 heterocycles. The minimum atomic E-state index is -0.951. The Morgan fingerprint density at radius 1 is 1.29 bits per heavy atom. The van der Waals surface area contributed by atoms with Crippen molar-refractivity contribution in [1.29, 1.82) is 0 Å². The average molecular weight is 459 g/mol. The van der Waals surface area contributed by atoms with Gasteiger partial charge in [0.2, 0.25) is 5.89 Å². The molecule has 4 aromatic rings. The fraction of sp³-hybridized carbons (Fsp3) is 0.182. The van der Waals surface area contributed by atoms with Crippen LogP contribution in [0.4, 0.5) is 9.18 Å². The predicted molar refractivity (Wildman–Crippen MR) is 116 cm³/mol. The van der Waals surface area contributed by atoms with E-state index in [2.05, 4.69) is 4.98 Å². The van der Waals surface area contributed by atoms with E-state index in [9.17, 15) is 15.0 Å². The Kier molecular flexibility index (Phi) is 4.92. The number of aliphatic hydroxyl groups excluding tert-OH is 1. The molecule has 0 aliphatic carbocycles. The van der Waals surface area contributed by atoms with Crippen LogP contribution < -0.4 is 0 Å². The summed E-state index contributed by atoms with van der Waals surface area (Å²) in [6.07, 6.45) is -0.417. The summed E-state index contributed by atoms with van der Waals surface area (Å²) in [6, 6.07) is 8.27. The molecule has 0 spiro atoms. The number of halogens is 2. The molecule has 2 aromatic heterocycles. The van der Waals surface area contributed by atoms with E-state index in [1.807, 2.05) is 5.38 Å². The number of oxazole rings is 1. The van der Waals surface area contributed by atoms with Crippen molar-refractivity contribution >= 4 is 40.1 Å². The molecule has 6 nitrogen and oxygen atoms in total. The lowest BCUT2D eigenvalue weighted by molar-refractivity contribution is 0.140. The molecule has 31 heavy (non-hydrogen) atoms. The molecule has 0 saturated heterocycles. The molecular formula is C22H16ClFN2O4S. The number of thiophene rings is 1. The summed E-state index contributed by atoms with van der Waals surface area (Å²) in [5.74, 6) is -0.360. The average Bonchev–Trinajstić information content (AvgIpc) is 3.38. The van der Waals surface area contributed by atoms with Gasteiger partial charge in [-0.25, -0.2) is 14.2 Å². The summed E-state index contributed by atoms with van der Waals surface area (Å²) in [5.41, 5.74) is 3.74. The molecule has 2 N–H and O–H groups in total. The van der Waals surface area contributed by atoms with Gasteiger partial charge in [-0.15, -0.1) is 11.3 Å². The van der Waals surface area contributed by atoms with Crippen molar-refractivity contribution in [2.24, 2.45) is 0 Å². The van der Waals surface area contributed by atoms with Crippen LogP contribution in [-0.2, 0) is 19.6 Å². The zero-order chi connectivity index (χ0) is 21.7. The van der Waals surface area contributed by atoms with E-state index in [0.717, 1.165) is 16.0 Å². The van der Waals surface area contributed by atoms with E-state index in [-0.39, 0.29) is 18.1 Å². The highest BCUT2D eigenvalue weighted by Gasteiger charge is 2.26. The molecule has 0 fully saturated rings. The summed E-state index contributed by atoms with van der Waals surface area (Å²) in [6.45, 7) is 0.502. The quantitative estimate of drug-likeness (QED) is 0.420. The molecule has 1 amide bonds. The molecule has 158 valence electrons. The molecule has 0 atom stereocenters. The zero-order valence-corrected chi connectivity index (χ0v) is 17.6. The third kappa shape index (κ3) is 3.37. The lowest BCUT2D eigenvalue weighted by Crippen LogP contribution is -2.34. The number of aliphatic hydroxyl groups is 1. The van der Waals surface area contributed by atoms with E-state index in [1.54, 1.807) is 30.3 Å². The van der Waals surface area contributed by atoms with Crippen LogP contribution >= 0.6 is 22.9 Å². The van der Waals surface area contributed by atoms with Crippen molar-refractivity contribution in [1.82, 2.24) is 9.88 Å². The van der Waals surface area contributed by atoms with Crippen molar-refractivity contribution in [2.75, 3.05) is 6.54 Å². The van der Waals surface area contributed by atoms with E-state index >= 15 is 4.39 Å². The van der Waals surface area contributed by atoms with Crippen LogP contribution in [0.3, 0.4) is 0 Å². The Hall–Kier alpha value is -2.94. The minimum Gasteiger partial charge on any atom is -0.465 e. The molecular weight excluding hydrogens is 443 g/mol. The maximum absolute atomic E-state index is 15.6. The number of hydrogen-bond acceptors (Lipinski definition) is 5. The summed E-state index contributed by atoms with van der Waals surface area (Å²) >= 11 is 7.66. The Morgan fingerprint density at radius 2 is 2.10 bits per heavy atom. The first-order chi connectivity index (χ1) is 15.0. The highest BCUT2D eigenvalue weighted by atomic mass is 35.5. The van der Waals surface area contributed by atoms with Crippen LogP contribution in [0.5, 0.6) is 0 Å². The number of benzene rings is 2. The van der Waals surface area contributed by atoms with Crippen LogP contribution in [0.1, 0.15) is 16.0 Å². The van der Waals surface area contributed by atoms with Crippen LogP contribution in [0.25, 0.3) is 33.7 Å². The van der Waals surface area contributed by atoms with Crippen molar-refractivity contribution in [2.45, 2.75) is 19.6 Å². The van der Waals surface area contributed by atoms with E-state index in [1.165, 1.54) is 16.2 Å². The van der Waals surface area contributed by atoms with Gasteiger partial charge in [0.1, 0.15) is 11.3 Å². The highest BCUT2D eigenvalue weighted by molar-refractivity contribution is 7.10. The van der Waals surface area contributed by atoms with Crippen molar-refractivity contribution in [3.8, 4) is 22.6 Å². The lowest BCUT2D eigenvalue weighted by atomic mass is 9.96. The normalized spacial score (nSPS) is 13.6. The Balaban J connectivity index is 1.58. The number of carboxylic acid groups (broad SMARTS) is 1. The number of hydrogen-bond donors (Lipinski definition) is 2. The number of aromatic nitrogens is 1. The number of amides is 1. The van der Waals surface area contributed by atoms with E-state index < -0.39 is 11.9 Å². The van der Waals surface area contributed by atoms with Crippen LogP contribution in [0.2, 0.25) is 5.02 Å². The third-order valence-corrected chi connectivity index (χ3v) is 6.72. The molecule has 0 radical (unpaired) electrons. The van der Waals surface area contributed by atoms with E-state index in [0.29, 0.717) is 46.8 Å². The second-order valence-electron chi connectivity index (χ2n) is 7.28. The number of nitrogens with zero attached hydrogens (tertiary/aromatic N) is 2. The fourth-order valence-electron chi connectivity index (χ4n) is 3.88. The zero-order valence-electron chi connectivity index (χ0n) is 16.1. The lowest BCUT2D eigenvalue weighted by Gasteiger charge is -2.24. The van der Waals surface area contributed by atoms with Gasteiger partial charge in [0.05, 0.1) is 23.7 Å². The van der Waals surface area contributed by atoms with Gasteiger partial charge >= 0.3 is 6.09 Å². The molecule has 0 bridgehead atoms. The molecule has 1 aliphatic heterocycles. The Bertz CT molecular complexity index is 1330. The molecule has 9 heteroatoms. The largest absolute Gasteiger partial charge is 0.465 e. The maximum Gasteiger partial charge on any atom is 0.407 e. The van der Waals surface area contributed by atoms with Crippen LogP contribution in [-0.4, -0.2) is 32.7 Å². The molecule has 0 saturated carbocycles. The third-order valence-electron chi connectivity index (χ3n) is 5.42. The predicted octanol–water partition coefficient (Wildman–Crippen LogP) is 5.54. The van der Waals surface area contributed by atoms with Gasteiger partial charge in [-0.1, -0.05) is 23.7 Å². The van der Waals surface area contributed by atoms with Gasteiger partial charge < -0.3 is 19.5 Å². The number of rotatable bonds is 3. The van der Waals surface area contributed by atoms with Crippen LogP contribution in [0.15, 0.2) is 40.1 Å². The second kappa shape index (κ2) is 7.64. The smallest absolute Gasteiger partial charge is 0.407 e.